The Labute approximate surface area is 108 Å². The Balaban J connectivity index is 2.01. The van der Waals surface area contributed by atoms with Gasteiger partial charge in [0.05, 0.1) is 0 Å². The van der Waals surface area contributed by atoms with Gasteiger partial charge in [-0.25, -0.2) is 0 Å². The van der Waals surface area contributed by atoms with E-state index in [1.54, 1.807) is 0 Å². The molecular formula is C13H14BrNO2. The number of aromatic nitrogens is 1. The van der Waals surface area contributed by atoms with Crippen LogP contribution >= 0.6 is 15.9 Å². The van der Waals surface area contributed by atoms with Crippen LogP contribution in [0.15, 0.2) is 34.9 Å². The summed E-state index contributed by atoms with van der Waals surface area (Å²) in [6, 6.07) is 8.27. The SMILES string of the molecule is O=C(O)CCCCn1ccc2cc(Br)ccc21. The van der Waals surface area contributed by atoms with Crippen molar-refractivity contribution in [2.75, 3.05) is 0 Å². The molecule has 3 nitrogen and oxygen atoms in total. The summed E-state index contributed by atoms with van der Waals surface area (Å²) < 4.78 is 3.25. The number of carboxylic acids is 1. The Kier molecular flexibility index (Phi) is 3.84. The Hall–Kier alpha value is -1.29. The van der Waals surface area contributed by atoms with Gasteiger partial charge in [-0.05, 0) is 37.1 Å². The van der Waals surface area contributed by atoms with Gasteiger partial charge in [0.1, 0.15) is 0 Å². The number of carboxylic acid groups (broad SMARTS) is 1. The van der Waals surface area contributed by atoms with E-state index in [1.165, 1.54) is 10.9 Å². The minimum absolute atomic E-state index is 0.255. The van der Waals surface area contributed by atoms with Crippen LogP contribution < -0.4 is 0 Å². The fraction of sp³-hybridized carbons (Fsp3) is 0.308. The summed E-state index contributed by atoms with van der Waals surface area (Å²) in [6.45, 7) is 0.873. The zero-order valence-electron chi connectivity index (χ0n) is 9.40. The second-order valence-corrected chi connectivity index (χ2v) is 4.98. The van der Waals surface area contributed by atoms with Crippen molar-refractivity contribution in [2.45, 2.75) is 25.8 Å². The molecule has 0 atom stereocenters. The molecule has 4 heteroatoms. The Morgan fingerprint density at radius 1 is 1.29 bits per heavy atom. The molecule has 0 fully saturated rings. The summed E-state index contributed by atoms with van der Waals surface area (Å²) in [6.07, 6.45) is 3.93. The van der Waals surface area contributed by atoms with E-state index in [-0.39, 0.29) is 6.42 Å². The van der Waals surface area contributed by atoms with E-state index >= 15 is 0 Å². The van der Waals surface area contributed by atoms with E-state index in [9.17, 15) is 4.79 Å². The van der Waals surface area contributed by atoms with Gasteiger partial charge in [0.25, 0.3) is 0 Å². The molecule has 17 heavy (non-hydrogen) atoms. The number of aliphatic carboxylic acids is 1. The maximum atomic E-state index is 10.4. The third kappa shape index (κ3) is 3.09. The molecule has 0 radical (unpaired) electrons. The summed E-state index contributed by atoms with van der Waals surface area (Å²) in [5.41, 5.74) is 1.20. The lowest BCUT2D eigenvalue weighted by Crippen LogP contribution is -1.99. The van der Waals surface area contributed by atoms with Gasteiger partial charge >= 0.3 is 5.97 Å². The average molecular weight is 296 g/mol. The molecule has 0 aliphatic rings. The first-order valence-corrected chi connectivity index (χ1v) is 6.42. The van der Waals surface area contributed by atoms with E-state index < -0.39 is 5.97 Å². The van der Waals surface area contributed by atoms with Crippen LogP contribution in [-0.2, 0) is 11.3 Å². The van der Waals surface area contributed by atoms with Crippen LogP contribution in [0, 0.1) is 0 Å². The minimum atomic E-state index is -0.716. The number of aryl methyl sites for hydroxylation is 1. The van der Waals surface area contributed by atoms with Crippen molar-refractivity contribution in [2.24, 2.45) is 0 Å². The van der Waals surface area contributed by atoms with Gasteiger partial charge < -0.3 is 9.67 Å². The predicted molar refractivity (Wildman–Crippen MR) is 71.1 cm³/mol. The highest BCUT2D eigenvalue weighted by Gasteiger charge is 2.02. The molecule has 1 N–H and O–H groups in total. The van der Waals surface area contributed by atoms with Crippen LogP contribution in [-0.4, -0.2) is 15.6 Å². The lowest BCUT2D eigenvalue weighted by atomic mass is 10.2. The highest BCUT2D eigenvalue weighted by molar-refractivity contribution is 9.10. The number of carbonyl (C=O) groups is 1. The molecule has 0 spiro atoms. The number of nitrogens with zero attached hydrogens (tertiary/aromatic N) is 1. The summed E-state index contributed by atoms with van der Waals surface area (Å²) in [4.78, 5) is 10.4. The largest absolute Gasteiger partial charge is 0.481 e. The highest BCUT2D eigenvalue weighted by Crippen LogP contribution is 2.21. The average Bonchev–Trinajstić information content (AvgIpc) is 2.66. The topological polar surface area (TPSA) is 42.2 Å². The van der Waals surface area contributed by atoms with Crippen molar-refractivity contribution in [3.63, 3.8) is 0 Å². The van der Waals surface area contributed by atoms with Gasteiger partial charge in [-0.2, -0.15) is 0 Å². The number of fused-ring (bicyclic) bond motifs is 1. The van der Waals surface area contributed by atoms with Crippen LogP contribution in [0.25, 0.3) is 10.9 Å². The van der Waals surface area contributed by atoms with Crippen molar-refractivity contribution in [3.05, 3.63) is 34.9 Å². The zero-order valence-corrected chi connectivity index (χ0v) is 11.0. The molecule has 90 valence electrons. The quantitative estimate of drug-likeness (QED) is 0.856. The Morgan fingerprint density at radius 3 is 2.88 bits per heavy atom. The molecule has 0 saturated heterocycles. The molecule has 0 saturated carbocycles. The molecular weight excluding hydrogens is 282 g/mol. The number of hydrogen-bond donors (Lipinski definition) is 1. The van der Waals surface area contributed by atoms with Crippen molar-refractivity contribution in [1.29, 1.82) is 0 Å². The highest BCUT2D eigenvalue weighted by atomic mass is 79.9. The van der Waals surface area contributed by atoms with Crippen LogP contribution in [0.3, 0.4) is 0 Å². The third-order valence-corrected chi connectivity index (χ3v) is 3.27. The van der Waals surface area contributed by atoms with E-state index in [2.05, 4.69) is 44.9 Å². The third-order valence-electron chi connectivity index (χ3n) is 2.77. The van der Waals surface area contributed by atoms with E-state index in [1.807, 2.05) is 6.07 Å². The van der Waals surface area contributed by atoms with Gasteiger partial charge in [0.2, 0.25) is 0 Å². The minimum Gasteiger partial charge on any atom is -0.481 e. The number of hydrogen-bond acceptors (Lipinski definition) is 1. The maximum Gasteiger partial charge on any atom is 0.303 e. The molecule has 0 unspecified atom stereocenters. The predicted octanol–water partition coefficient (Wildman–Crippen LogP) is 3.66. The van der Waals surface area contributed by atoms with Crippen molar-refractivity contribution < 1.29 is 9.90 Å². The first-order valence-electron chi connectivity index (χ1n) is 5.63. The van der Waals surface area contributed by atoms with E-state index in [0.717, 1.165) is 23.9 Å². The number of benzene rings is 1. The second kappa shape index (κ2) is 5.36. The van der Waals surface area contributed by atoms with E-state index in [0.29, 0.717) is 0 Å². The fourth-order valence-electron chi connectivity index (χ4n) is 1.92. The molecule has 1 aromatic carbocycles. The van der Waals surface area contributed by atoms with Gasteiger partial charge in [0, 0.05) is 34.5 Å². The number of unbranched alkanes of at least 4 members (excludes halogenated alkanes) is 1. The van der Waals surface area contributed by atoms with Crippen molar-refractivity contribution >= 4 is 32.8 Å². The summed E-state index contributed by atoms with van der Waals surface area (Å²) in [5.74, 6) is -0.716. The van der Waals surface area contributed by atoms with Crippen molar-refractivity contribution in [3.8, 4) is 0 Å². The van der Waals surface area contributed by atoms with Gasteiger partial charge in [-0.3, -0.25) is 4.79 Å². The van der Waals surface area contributed by atoms with Crippen LogP contribution in [0.2, 0.25) is 0 Å². The molecule has 2 aromatic rings. The van der Waals surface area contributed by atoms with Crippen molar-refractivity contribution in [1.82, 2.24) is 4.57 Å². The normalized spacial score (nSPS) is 10.9. The molecule has 1 heterocycles. The molecule has 2 rings (SSSR count). The van der Waals surface area contributed by atoms with Crippen LogP contribution in [0.5, 0.6) is 0 Å². The first kappa shape index (κ1) is 12.2. The molecule has 0 amide bonds. The summed E-state index contributed by atoms with van der Waals surface area (Å²) in [5, 5.41) is 9.77. The second-order valence-electron chi connectivity index (χ2n) is 4.06. The number of halogens is 1. The smallest absolute Gasteiger partial charge is 0.303 e. The number of rotatable bonds is 5. The summed E-state index contributed by atoms with van der Waals surface area (Å²) in [7, 11) is 0. The summed E-state index contributed by atoms with van der Waals surface area (Å²) >= 11 is 3.45. The Bertz CT molecular complexity index is 533. The lowest BCUT2D eigenvalue weighted by molar-refractivity contribution is -0.137. The van der Waals surface area contributed by atoms with Crippen LogP contribution in [0.1, 0.15) is 19.3 Å². The zero-order chi connectivity index (χ0) is 12.3. The standard InChI is InChI=1S/C13H14BrNO2/c14-11-4-5-12-10(9-11)6-8-15(12)7-2-1-3-13(16)17/h4-6,8-9H,1-3,7H2,(H,16,17). The lowest BCUT2D eigenvalue weighted by Gasteiger charge is -2.04. The Morgan fingerprint density at radius 2 is 2.12 bits per heavy atom. The molecule has 0 aliphatic heterocycles. The van der Waals surface area contributed by atoms with Gasteiger partial charge in [-0.15, -0.1) is 0 Å². The maximum absolute atomic E-state index is 10.4. The van der Waals surface area contributed by atoms with Crippen LogP contribution in [0.4, 0.5) is 0 Å². The van der Waals surface area contributed by atoms with Gasteiger partial charge in [-0.1, -0.05) is 15.9 Å². The van der Waals surface area contributed by atoms with Gasteiger partial charge in [0.15, 0.2) is 0 Å². The molecule has 0 aliphatic carbocycles. The monoisotopic (exact) mass is 295 g/mol. The van der Waals surface area contributed by atoms with E-state index in [4.69, 9.17) is 5.11 Å². The first-order chi connectivity index (χ1) is 8.16. The fourth-order valence-corrected chi connectivity index (χ4v) is 2.30. The molecule has 1 aromatic heterocycles. The molecule has 0 bridgehead atoms.